The van der Waals surface area contributed by atoms with Crippen molar-refractivity contribution < 1.29 is 4.79 Å². The molecule has 0 aliphatic rings. The summed E-state index contributed by atoms with van der Waals surface area (Å²) >= 11 is 1.42. The van der Waals surface area contributed by atoms with Crippen LogP contribution in [0.4, 0.5) is 10.7 Å². The number of anilines is 2. The Kier molecular flexibility index (Phi) is 4.44. The van der Waals surface area contributed by atoms with E-state index in [1.807, 2.05) is 37.7 Å². The van der Waals surface area contributed by atoms with Crippen LogP contribution in [0.15, 0.2) is 18.5 Å². The van der Waals surface area contributed by atoms with Crippen LogP contribution in [0, 0.1) is 5.92 Å². The summed E-state index contributed by atoms with van der Waals surface area (Å²) in [5, 5.41) is 4.23. The van der Waals surface area contributed by atoms with Gasteiger partial charge in [0, 0.05) is 38.3 Å². The second-order valence-corrected chi connectivity index (χ2v) is 6.10. The molecule has 0 aromatic carbocycles. The minimum atomic E-state index is -0.0311. The summed E-state index contributed by atoms with van der Waals surface area (Å²) in [6.45, 7) is 4.53. The van der Waals surface area contributed by atoms with Crippen LogP contribution >= 0.6 is 11.3 Å². The standard InChI is InChI=1S/C14H20N4OS/c1-9(2)13(19)14-10(15)8-12(20-14)17-5-4-11-16-6-7-18(11)3/h6-9,17H,4-5,15H2,1-3H3. The molecule has 2 aromatic heterocycles. The number of thiophene rings is 1. The molecule has 0 radical (unpaired) electrons. The van der Waals surface area contributed by atoms with Crippen molar-refractivity contribution in [3.63, 3.8) is 0 Å². The predicted octanol–water partition coefficient (Wildman–Crippen LogP) is 2.56. The maximum Gasteiger partial charge on any atom is 0.177 e. The van der Waals surface area contributed by atoms with Crippen molar-refractivity contribution in [2.24, 2.45) is 13.0 Å². The molecule has 0 atom stereocenters. The summed E-state index contributed by atoms with van der Waals surface area (Å²) in [5.41, 5.74) is 6.47. The van der Waals surface area contributed by atoms with Crippen molar-refractivity contribution in [3.05, 3.63) is 29.2 Å². The Morgan fingerprint density at radius 1 is 1.55 bits per heavy atom. The number of aryl methyl sites for hydroxylation is 1. The van der Waals surface area contributed by atoms with E-state index in [1.165, 1.54) is 11.3 Å². The summed E-state index contributed by atoms with van der Waals surface area (Å²) in [6, 6.07) is 1.83. The van der Waals surface area contributed by atoms with Crippen molar-refractivity contribution >= 4 is 27.8 Å². The van der Waals surface area contributed by atoms with Crippen molar-refractivity contribution in [2.45, 2.75) is 20.3 Å². The van der Waals surface area contributed by atoms with Gasteiger partial charge in [0.1, 0.15) is 5.82 Å². The van der Waals surface area contributed by atoms with E-state index in [-0.39, 0.29) is 11.7 Å². The zero-order valence-electron chi connectivity index (χ0n) is 12.0. The van der Waals surface area contributed by atoms with Crippen LogP contribution in [0.1, 0.15) is 29.3 Å². The van der Waals surface area contributed by atoms with E-state index in [4.69, 9.17) is 5.73 Å². The molecule has 6 heteroatoms. The van der Waals surface area contributed by atoms with E-state index in [0.29, 0.717) is 10.6 Å². The Balaban J connectivity index is 1.96. The normalized spacial score (nSPS) is 11.0. The molecule has 0 aliphatic heterocycles. The van der Waals surface area contributed by atoms with Crippen LogP contribution in [0.2, 0.25) is 0 Å². The minimum Gasteiger partial charge on any atom is -0.397 e. The number of carbonyl (C=O) groups excluding carboxylic acids is 1. The molecule has 0 unspecified atom stereocenters. The molecule has 2 rings (SSSR count). The Bertz CT molecular complexity index is 600. The molecule has 0 aliphatic carbocycles. The number of nitrogens with one attached hydrogen (secondary N) is 1. The van der Waals surface area contributed by atoms with Gasteiger partial charge in [0.15, 0.2) is 5.78 Å². The van der Waals surface area contributed by atoms with Gasteiger partial charge >= 0.3 is 0 Å². The van der Waals surface area contributed by atoms with Gasteiger partial charge in [-0.3, -0.25) is 4.79 Å². The highest BCUT2D eigenvalue weighted by atomic mass is 32.1. The van der Waals surface area contributed by atoms with E-state index < -0.39 is 0 Å². The Morgan fingerprint density at radius 2 is 2.30 bits per heavy atom. The van der Waals surface area contributed by atoms with Crippen molar-refractivity contribution in [3.8, 4) is 0 Å². The van der Waals surface area contributed by atoms with Gasteiger partial charge < -0.3 is 15.6 Å². The van der Waals surface area contributed by atoms with Gasteiger partial charge in [-0.2, -0.15) is 0 Å². The average molecular weight is 292 g/mol. The fourth-order valence-corrected chi connectivity index (χ4v) is 2.97. The second kappa shape index (κ2) is 6.09. The highest BCUT2D eigenvalue weighted by Crippen LogP contribution is 2.31. The zero-order chi connectivity index (χ0) is 14.7. The van der Waals surface area contributed by atoms with Gasteiger partial charge in [0.05, 0.1) is 15.6 Å². The van der Waals surface area contributed by atoms with E-state index >= 15 is 0 Å². The number of hydrogen-bond donors (Lipinski definition) is 2. The third-order valence-corrected chi connectivity index (χ3v) is 4.20. The number of hydrogen-bond acceptors (Lipinski definition) is 5. The van der Waals surface area contributed by atoms with Gasteiger partial charge in [-0.1, -0.05) is 13.8 Å². The second-order valence-electron chi connectivity index (χ2n) is 5.05. The minimum absolute atomic E-state index is 0.0311. The van der Waals surface area contributed by atoms with Crippen LogP contribution in [0.25, 0.3) is 0 Å². The summed E-state index contributed by atoms with van der Waals surface area (Å²) in [6.07, 6.45) is 4.55. The first-order valence-corrected chi connectivity index (χ1v) is 7.44. The molecular formula is C14H20N4OS. The number of Topliss-reactive ketones (excluding diaryl/α,β-unsaturated/α-hetero) is 1. The first kappa shape index (κ1) is 14.6. The van der Waals surface area contributed by atoms with Crippen LogP contribution in [-0.2, 0) is 13.5 Å². The van der Waals surface area contributed by atoms with Gasteiger partial charge in [-0.25, -0.2) is 4.98 Å². The topological polar surface area (TPSA) is 72.9 Å². The van der Waals surface area contributed by atoms with Crippen LogP contribution in [0.3, 0.4) is 0 Å². The average Bonchev–Trinajstić information content (AvgIpc) is 2.95. The molecule has 20 heavy (non-hydrogen) atoms. The van der Waals surface area contributed by atoms with Gasteiger partial charge in [0.2, 0.25) is 0 Å². The Morgan fingerprint density at radius 3 is 2.90 bits per heavy atom. The number of rotatable bonds is 6. The number of nitrogens with two attached hydrogens (primary N) is 1. The lowest BCUT2D eigenvalue weighted by molar-refractivity contribution is 0.0944. The molecule has 108 valence electrons. The van der Waals surface area contributed by atoms with Crippen LogP contribution in [0.5, 0.6) is 0 Å². The molecule has 2 heterocycles. The van der Waals surface area contributed by atoms with Gasteiger partial charge in [0.25, 0.3) is 0 Å². The highest BCUT2D eigenvalue weighted by molar-refractivity contribution is 7.18. The van der Waals surface area contributed by atoms with Gasteiger partial charge in [-0.15, -0.1) is 11.3 Å². The molecule has 0 saturated carbocycles. The van der Waals surface area contributed by atoms with Crippen LogP contribution < -0.4 is 11.1 Å². The fraction of sp³-hybridized carbons (Fsp3) is 0.429. The molecule has 0 bridgehead atoms. The van der Waals surface area contributed by atoms with Crippen molar-refractivity contribution in [2.75, 3.05) is 17.6 Å². The first-order valence-electron chi connectivity index (χ1n) is 6.62. The van der Waals surface area contributed by atoms with E-state index in [0.717, 1.165) is 23.8 Å². The third-order valence-electron chi connectivity index (χ3n) is 3.08. The quantitative estimate of drug-likeness (QED) is 0.803. The lowest BCUT2D eigenvalue weighted by Gasteiger charge is -2.04. The molecular weight excluding hydrogens is 272 g/mol. The predicted molar refractivity (Wildman–Crippen MR) is 83.3 cm³/mol. The summed E-state index contributed by atoms with van der Waals surface area (Å²) in [5.74, 6) is 1.10. The lowest BCUT2D eigenvalue weighted by Crippen LogP contribution is -2.07. The monoisotopic (exact) mass is 292 g/mol. The molecule has 3 N–H and O–H groups in total. The fourth-order valence-electron chi connectivity index (χ4n) is 1.88. The number of aromatic nitrogens is 2. The maximum atomic E-state index is 12.0. The molecule has 0 spiro atoms. The smallest absolute Gasteiger partial charge is 0.177 e. The number of carbonyl (C=O) groups is 1. The van der Waals surface area contributed by atoms with E-state index in [1.54, 1.807) is 6.20 Å². The summed E-state index contributed by atoms with van der Waals surface area (Å²) in [4.78, 5) is 16.9. The molecule has 5 nitrogen and oxygen atoms in total. The molecule has 2 aromatic rings. The summed E-state index contributed by atoms with van der Waals surface area (Å²) < 4.78 is 2.00. The SMILES string of the molecule is CC(C)C(=O)c1sc(NCCc2nccn2C)cc1N. The number of nitrogens with zero attached hydrogens (tertiary/aromatic N) is 2. The lowest BCUT2D eigenvalue weighted by atomic mass is 10.1. The number of imidazole rings is 1. The van der Waals surface area contributed by atoms with Crippen molar-refractivity contribution in [1.82, 2.24) is 9.55 Å². The summed E-state index contributed by atoms with van der Waals surface area (Å²) in [7, 11) is 1.98. The van der Waals surface area contributed by atoms with Crippen LogP contribution in [-0.4, -0.2) is 21.9 Å². The molecule has 0 saturated heterocycles. The Labute approximate surface area is 122 Å². The zero-order valence-corrected chi connectivity index (χ0v) is 12.8. The first-order chi connectivity index (χ1) is 9.49. The molecule has 0 fully saturated rings. The number of nitrogen functional groups attached to an aromatic ring is 1. The third kappa shape index (κ3) is 3.19. The number of ketones is 1. The van der Waals surface area contributed by atoms with E-state index in [9.17, 15) is 4.79 Å². The Hall–Kier alpha value is -1.82. The van der Waals surface area contributed by atoms with Gasteiger partial charge in [-0.05, 0) is 6.07 Å². The van der Waals surface area contributed by atoms with Crippen molar-refractivity contribution in [1.29, 1.82) is 0 Å². The highest BCUT2D eigenvalue weighted by Gasteiger charge is 2.17. The molecule has 0 amide bonds. The van der Waals surface area contributed by atoms with E-state index in [2.05, 4.69) is 10.3 Å². The maximum absolute atomic E-state index is 12.0. The largest absolute Gasteiger partial charge is 0.397 e.